The van der Waals surface area contributed by atoms with Gasteiger partial charge in [-0.15, -0.1) is 10.2 Å². The van der Waals surface area contributed by atoms with Gasteiger partial charge < -0.3 is 15.8 Å². The van der Waals surface area contributed by atoms with E-state index in [0.717, 1.165) is 0 Å². The van der Waals surface area contributed by atoms with Crippen molar-refractivity contribution in [2.75, 3.05) is 10.5 Å². The lowest BCUT2D eigenvalue weighted by Crippen LogP contribution is -2.31. The highest BCUT2D eigenvalue weighted by Gasteiger charge is 2.18. The number of fused-ring (bicyclic) bond motifs is 1. The first-order valence-electron chi connectivity index (χ1n) is 6.98. The first kappa shape index (κ1) is 18.0. The van der Waals surface area contributed by atoms with Crippen molar-refractivity contribution >= 4 is 98.3 Å². The number of anilines is 3. The van der Waals surface area contributed by atoms with Gasteiger partial charge in [0.1, 0.15) is 35.2 Å². The Bertz CT molecular complexity index is 1020. The maximum Gasteiger partial charge on any atom is 0.261 e. The molecule has 12 radical (unpaired) electrons. The molecule has 0 aromatic carbocycles. The van der Waals surface area contributed by atoms with Crippen LogP contribution >= 0.6 is 0 Å². The van der Waals surface area contributed by atoms with Crippen LogP contribution in [0.25, 0.3) is 5.52 Å². The van der Waals surface area contributed by atoms with Crippen LogP contribution in [0.4, 0.5) is 17.3 Å². The molecule has 0 saturated heterocycles. The number of hydrogen-bond acceptors (Lipinski definition) is 7. The van der Waals surface area contributed by atoms with E-state index in [0.29, 0.717) is 0 Å². The van der Waals surface area contributed by atoms with Gasteiger partial charge in [-0.25, -0.2) is 9.50 Å². The first-order valence-corrected chi connectivity index (χ1v) is 6.98. The molecule has 0 unspecified atom stereocenters. The number of amides is 1. The monoisotopic (exact) mass is 330 g/mol. The van der Waals surface area contributed by atoms with Gasteiger partial charge in [0.05, 0.1) is 16.9 Å². The van der Waals surface area contributed by atoms with Gasteiger partial charge in [-0.2, -0.15) is 5.10 Å². The molecule has 112 valence electrons. The SMILES string of the molecule is [B]NC(=O)c1nnc(N[B])cc1Nc1nc([B])n2nc([B])c([B])c2c1[B]. The predicted octanol–water partition coefficient (Wildman–Crippen LogP) is -5.25. The van der Waals surface area contributed by atoms with E-state index in [4.69, 9.17) is 47.3 Å². The Kier molecular flexibility index (Phi) is 4.71. The van der Waals surface area contributed by atoms with Gasteiger partial charge in [-0.1, -0.05) is 5.46 Å². The quantitative estimate of drug-likeness (QED) is 0.410. The minimum Gasteiger partial charge on any atom is -0.421 e. The Morgan fingerprint density at radius 1 is 1.08 bits per heavy atom. The molecule has 26 heavy (non-hydrogen) atoms. The predicted molar refractivity (Wildman–Crippen MR) is 102 cm³/mol. The number of rotatable bonds is 4. The van der Waals surface area contributed by atoms with Crippen molar-refractivity contribution in [3.8, 4) is 0 Å². The standard InChI is InChI=1S/C11H4B6N8O/c12-4-7-5(13)9(19-11(15)25(7)24-8(4)14)18-2-1-3(20-16)22-23-6(2)10(26)21-17/h1H,(H,21,26)(H2,18,20,22). The Morgan fingerprint density at radius 3 is 2.46 bits per heavy atom. The number of carbonyl (C=O) groups excluding carboxylic acids is 1. The third-order valence-corrected chi connectivity index (χ3v) is 3.45. The van der Waals surface area contributed by atoms with E-state index in [2.05, 4.69) is 30.8 Å². The van der Waals surface area contributed by atoms with Gasteiger partial charge in [0.25, 0.3) is 5.91 Å². The molecule has 9 nitrogen and oxygen atoms in total. The number of hydrogen-bond donors (Lipinski definition) is 3. The molecule has 3 heterocycles. The normalized spacial score (nSPS) is 10.6. The van der Waals surface area contributed by atoms with Crippen molar-refractivity contribution < 1.29 is 4.79 Å². The van der Waals surface area contributed by atoms with Gasteiger partial charge >= 0.3 is 0 Å². The van der Waals surface area contributed by atoms with Gasteiger partial charge in [0.15, 0.2) is 13.5 Å². The number of aromatic nitrogens is 5. The van der Waals surface area contributed by atoms with E-state index in [1.54, 1.807) is 0 Å². The van der Waals surface area contributed by atoms with Crippen LogP contribution in [0.5, 0.6) is 0 Å². The molecule has 0 atom stereocenters. The summed E-state index contributed by atoms with van der Waals surface area (Å²) in [5.41, 5.74) is 0.532. The van der Waals surface area contributed by atoms with Gasteiger partial charge in [0, 0.05) is 11.7 Å². The summed E-state index contributed by atoms with van der Waals surface area (Å²) >= 11 is 0. The van der Waals surface area contributed by atoms with E-state index < -0.39 is 5.91 Å². The van der Waals surface area contributed by atoms with Crippen LogP contribution in [0.2, 0.25) is 0 Å². The number of nitrogens with zero attached hydrogens (tertiary/aromatic N) is 5. The zero-order valence-electron chi connectivity index (χ0n) is 13.2. The fraction of sp³-hybridized carbons (Fsp3) is 0. The highest BCUT2D eigenvalue weighted by atomic mass is 16.1. The maximum atomic E-state index is 11.9. The minimum atomic E-state index is -0.704. The van der Waals surface area contributed by atoms with Gasteiger partial charge in [0.2, 0.25) is 16.0 Å². The summed E-state index contributed by atoms with van der Waals surface area (Å²) in [4.78, 5) is 16.0. The Morgan fingerprint density at radius 2 is 1.81 bits per heavy atom. The van der Waals surface area contributed by atoms with Crippen molar-refractivity contribution in [1.82, 2.24) is 30.0 Å². The molecule has 3 N–H and O–H groups in total. The highest BCUT2D eigenvalue weighted by molar-refractivity contribution is 6.54. The van der Waals surface area contributed by atoms with E-state index >= 15 is 0 Å². The second-order valence-corrected chi connectivity index (χ2v) is 5.03. The zero-order chi connectivity index (χ0) is 19.0. The summed E-state index contributed by atoms with van der Waals surface area (Å²) in [5, 5.41) is 18.5. The Hall–Kier alpha value is -2.84. The second-order valence-electron chi connectivity index (χ2n) is 5.03. The van der Waals surface area contributed by atoms with E-state index in [-0.39, 0.29) is 50.8 Å². The van der Waals surface area contributed by atoms with E-state index in [9.17, 15) is 4.79 Å². The fourth-order valence-electron chi connectivity index (χ4n) is 2.22. The van der Waals surface area contributed by atoms with Crippen molar-refractivity contribution in [1.29, 1.82) is 0 Å². The molecule has 3 aromatic heterocycles. The number of nitrogens with one attached hydrogen (secondary N) is 3. The van der Waals surface area contributed by atoms with Gasteiger partial charge in [-0.3, -0.25) is 4.79 Å². The molecule has 1 amide bonds. The molecule has 0 aliphatic heterocycles. The summed E-state index contributed by atoms with van der Waals surface area (Å²) in [6.45, 7) is 0. The van der Waals surface area contributed by atoms with Crippen molar-refractivity contribution in [2.24, 2.45) is 0 Å². The summed E-state index contributed by atoms with van der Waals surface area (Å²) in [6, 6.07) is 1.40. The molecule has 0 spiro atoms. The zero-order valence-corrected chi connectivity index (χ0v) is 13.2. The minimum absolute atomic E-state index is 0.0379. The molecular weight excluding hydrogens is 325 g/mol. The summed E-state index contributed by atoms with van der Waals surface area (Å²) in [6.07, 6.45) is 0. The van der Waals surface area contributed by atoms with Crippen molar-refractivity contribution in [2.45, 2.75) is 0 Å². The number of carbonyl (C=O) groups is 1. The van der Waals surface area contributed by atoms with Crippen LogP contribution in [-0.4, -0.2) is 78.1 Å². The third-order valence-electron chi connectivity index (χ3n) is 3.45. The molecule has 0 saturated carbocycles. The van der Waals surface area contributed by atoms with Crippen LogP contribution in [0.1, 0.15) is 10.5 Å². The maximum absolute atomic E-state index is 11.9. The summed E-state index contributed by atoms with van der Waals surface area (Å²) in [5.74, 6) is -0.449. The third kappa shape index (κ3) is 2.93. The molecule has 0 aliphatic carbocycles. The molecule has 3 rings (SSSR count). The lowest BCUT2D eigenvalue weighted by molar-refractivity contribution is 0.0976. The average molecular weight is 329 g/mol. The topological polar surface area (TPSA) is 109 Å². The van der Waals surface area contributed by atoms with Crippen LogP contribution in [0.3, 0.4) is 0 Å². The molecule has 0 bridgehead atoms. The lowest BCUT2D eigenvalue weighted by atomic mass is 9.82. The largest absolute Gasteiger partial charge is 0.421 e. The van der Waals surface area contributed by atoms with Gasteiger partial charge in [-0.05, 0) is 5.46 Å². The van der Waals surface area contributed by atoms with E-state index in [1.165, 1.54) is 10.6 Å². The van der Waals surface area contributed by atoms with Crippen LogP contribution in [-0.2, 0) is 0 Å². The second kappa shape index (κ2) is 6.81. The highest BCUT2D eigenvalue weighted by Crippen LogP contribution is 2.19. The molecule has 0 aliphatic rings. The molecule has 3 aromatic rings. The molecule has 0 fully saturated rings. The molecule has 15 heteroatoms. The summed E-state index contributed by atoms with van der Waals surface area (Å²) in [7, 11) is 34.0. The van der Waals surface area contributed by atoms with Crippen LogP contribution < -0.4 is 38.0 Å². The first-order chi connectivity index (χ1) is 12.4. The van der Waals surface area contributed by atoms with E-state index in [1.807, 2.05) is 5.23 Å². The Labute approximate surface area is 156 Å². The van der Waals surface area contributed by atoms with Crippen LogP contribution in [0, 0.1) is 0 Å². The molecular formula is C11H4B6N8O. The van der Waals surface area contributed by atoms with Crippen molar-refractivity contribution in [3.05, 3.63) is 11.8 Å². The lowest BCUT2D eigenvalue weighted by Gasteiger charge is -2.15. The van der Waals surface area contributed by atoms with Crippen LogP contribution in [0.15, 0.2) is 6.07 Å². The average Bonchev–Trinajstić information content (AvgIpc) is 2.94. The smallest absolute Gasteiger partial charge is 0.261 e. The fourth-order valence-corrected chi connectivity index (χ4v) is 2.22. The Balaban J connectivity index is 2.16. The summed E-state index contributed by atoms with van der Waals surface area (Å²) < 4.78 is 1.20. The van der Waals surface area contributed by atoms with Crippen molar-refractivity contribution in [3.63, 3.8) is 0 Å².